The first-order chi connectivity index (χ1) is 13.7. The van der Waals surface area contributed by atoms with Crippen molar-refractivity contribution < 1.29 is 4.79 Å². The molecule has 0 radical (unpaired) electrons. The van der Waals surface area contributed by atoms with Crippen LogP contribution in [0.25, 0.3) is 10.2 Å². The number of fused-ring (bicyclic) bond motifs is 1. The van der Waals surface area contributed by atoms with E-state index >= 15 is 0 Å². The van der Waals surface area contributed by atoms with Gasteiger partial charge in [-0.25, -0.2) is 4.98 Å². The Morgan fingerprint density at radius 3 is 2.89 bits per heavy atom. The molecule has 148 valence electrons. The van der Waals surface area contributed by atoms with E-state index in [2.05, 4.69) is 20.5 Å². The number of hydrogen-bond acceptors (Lipinski definition) is 6. The molecule has 1 fully saturated rings. The Morgan fingerprint density at radius 2 is 2.07 bits per heavy atom. The van der Waals surface area contributed by atoms with E-state index in [9.17, 15) is 4.79 Å². The lowest BCUT2D eigenvalue weighted by molar-refractivity contribution is -0.113. The van der Waals surface area contributed by atoms with Gasteiger partial charge in [0.25, 0.3) is 0 Å². The highest BCUT2D eigenvalue weighted by atomic mass is 32.2. The number of thiazole rings is 1. The maximum atomic E-state index is 12.3. The van der Waals surface area contributed by atoms with E-state index in [1.165, 1.54) is 61.6 Å². The third-order valence-electron chi connectivity index (χ3n) is 5.30. The molecule has 1 amide bonds. The summed E-state index contributed by atoms with van der Waals surface area (Å²) in [7, 11) is 1.99. The second kappa shape index (κ2) is 9.05. The van der Waals surface area contributed by atoms with E-state index in [0.29, 0.717) is 10.9 Å². The fourth-order valence-corrected chi connectivity index (χ4v) is 5.32. The fourth-order valence-electron chi connectivity index (χ4n) is 3.71. The normalized spacial score (nSPS) is 15.2. The fraction of sp³-hybridized carbons (Fsp3) is 0.500. The van der Waals surface area contributed by atoms with Crippen LogP contribution in [0.2, 0.25) is 0 Å². The van der Waals surface area contributed by atoms with Gasteiger partial charge in [-0.05, 0) is 24.5 Å². The average molecular weight is 416 g/mol. The molecule has 8 heteroatoms. The quantitative estimate of drug-likeness (QED) is 0.568. The van der Waals surface area contributed by atoms with Crippen LogP contribution in [0.4, 0.5) is 5.13 Å². The molecule has 28 heavy (non-hydrogen) atoms. The van der Waals surface area contributed by atoms with Crippen LogP contribution < -0.4 is 5.32 Å². The zero-order valence-corrected chi connectivity index (χ0v) is 17.7. The summed E-state index contributed by atoms with van der Waals surface area (Å²) in [5.74, 6) is 2.07. The van der Waals surface area contributed by atoms with Gasteiger partial charge in [0, 0.05) is 13.5 Å². The number of aryl methyl sites for hydroxylation is 1. The lowest BCUT2D eigenvalue weighted by Gasteiger charge is -2.20. The summed E-state index contributed by atoms with van der Waals surface area (Å²) in [6.45, 7) is 0. The lowest BCUT2D eigenvalue weighted by atomic mass is 9.86. The second-order valence-electron chi connectivity index (χ2n) is 7.32. The van der Waals surface area contributed by atoms with Crippen LogP contribution in [0.15, 0.2) is 29.4 Å². The number of nitrogens with zero attached hydrogens (tertiary/aromatic N) is 4. The van der Waals surface area contributed by atoms with Crippen molar-refractivity contribution >= 4 is 44.4 Å². The molecular weight excluding hydrogens is 390 g/mol. The monoisotopic (exact) mass is 415 g/mol. The summed E-state index contributed by atoms with van der Waals surface area (Å²) in [5, 5.41) is 12.9. The Kier molecular flexibility index (Phi) is 6.26. The molecule has 3 aromatic rings. The van der Waals surface area contributed by atoms with Crippen molar-refractivity contribution in [2.24, 2.45) is 13.0 Å². The molecule has 0 bridgehead atoms. The van der Waals surface area contributed by atoms with Crippen molar-refractivity contribution in [1.82, 2.24) is 19.7 Å². The molecule has 4 rings (SSSR count). The molecule has 1 aliphatic carbocycles. The molecule has 2 aromatic heterocycles. The molecule has 0 unspecified atom stereocenters. The van der Waals surface area contributed by atoms with Gasteiger partial charge in [-0.3, -0.25) is 4.79 Å². The molecule has 0 saturated heterocycles. The van der Waals surface area contributed by atoms with E-state index in [-0.39, 0.29) is 5.91 Å². The Balaban J connectivity index is 1.28. The largest absolute Gasteiger partial charge is 0.309 e. The predicted molar refractivity (Wildman–Crippen MR) is 115 cm³/mol. The van der Waals surface area contributed by atoms with E-state index < -0.39 is 0 Å². The van der Waals surface area contributed by atoms with Crippen molar-refractivity contribution in [1.29, 1.82) is 0 Å². The van der Waals surface area contributed by atoms with Gasteiger partial charge in [0.15, 0.2) is 10.3 Å². The van der Waals surface area contributed by atoms with Crippen molar-refractivity contribution in [2.45, 2.75) is 50.1 Å². The maximum absolute atomic E-state index is 12.3. The van der Waals surface area contributed by atoms with Gasteiger partial charge >= 0.3 is 0 Å². The van der Waals surface area contributed by atoms with Crippen molar-refractivity contribution in [3.05, 3.63) is 30.1 Å². The minimum Gasteiger partial charge on any atom is -0.309 e. The number of thioether (sulfide) groups is 1. The Bertz CT molecular complexity index is 912. The highest BCUT2D eigenvalue weighted by molar-refractivity contribution is 7.99. The first kappa shape index (κ1) is 19.4. The zero-order valence-electron chi connectivity index (χ0n) is 16.1. The van der Waals surface area contributed by atoms with Gasteiger partial charge in [0.2, 0.25) is 5.91 Å². The summed E-state index contributed by atoms with van der Waals surface area (Å²) in [4.78, 5) is 16.7. The molecule has 0 spiro atoms. The smallest absolute Gasteiger partial charge is 0.236 e. The zero-order chi connectivity index (χ0) is 19.3. The number of benzene rings is 1. The minimum absolute atomic E-state index is 0.0733. The summed E-state index contributed by atoms with van der Waals surface area (Å²) >= 11 is 2.91. The van der Waals surface area contributed by atoms with Crippen LogP contribution in [0.1, 0.15) is 44.3 Å². The third kappa shape index (κ3) is 4.72. The van der Waals surface area contributed by atoms with E-state index in [0.717, 1.165) is 33.5 Å². The number of anilines is 1. The number of hydrogen-bond donors (Lipinski definition) is 1. The summed E-state index contributed by atoms with van der Waals surface area (Å²) in [6.07, 6.45) is 8.99. The standard InChI is InChI=1S/C20H25N5OS2/c1-25-17(12-11-14-7-3-2-4-8-14)23-24-20(25)27-13-18(26)22-19-21-15-9-5-6-10-16(15)28-19/h5-6,9-10,14H,2-4,7-8,11-13H2,1H3,(H,21,22,26). The van der Waals surface area contributed by atoms with Crippen molar-refractivity contribution in [3.63, 3.8) is 0 Å². The van der Waals surface area contributed by atoms with Gasteiger partial charge in [0.1, 0.15) is 5.82 Å². The number of nitrogens with one attached hydrogen (secondary N) is 1. The minimum atomic E-state index is -0.0733. The highest BCUT2D eigenvalue weighted by Gasteiger charge is 2.16. The second-order valence-corrected chi connectivity index (χ2v) is 9.30. The number of carbonyl (C=O) groups is 1. The SMILES string of the molecule is Cn1c(CCC2CCCCC2)nnc1SCC(=O)Nc1nc2ccccc2s1. The summed E-state index contributed by atoms with van der Waals surface area (Å²) < 4.78 is 3.10. The summed E-state index contributed by atoms with van der Waals surface area (Å²) in [5.41, 5.74) is 0.909. The lowest BCUT2D eigenvalue weighted by Crippen LogP contribution is -2.14. The van der Waals surface area contributed by atoms with E-state index in [1.54, 1.807) is 0 Å². The Hall–Kier alpha value is -1.93. The number of carbonyl (C=O) groups excluding carboxylic acids is 1. The Labute approximate surface area is 173 Å². The van der Waals surface area contributed by atoms with Gasteiger partial charge in [-0.2, -0.15) is 0 Å². The van der Waals surface area contributed by atoms with Crippen molar-refractivity contribution in [2.75, 3.05) is 11.1 Å². The number of aromatic nitrogens is 4. The first-order valence-electron chi connectivity index (χ1n) is 9.85. The molecule has 0 atom stereocenters. The van der Waals surface area contributed by atoms with Gasteiger partial charge in [-0.1, -0.05) is 67.3 Å². The Morgan fingerprint density at radius 1 is 1.25 bits per heavy atom. The van der Waals surface area contributed by atoms with Gasteiger partial charge < -0.3 is 9.88 Å². The molecule has 0 aliphatic heterocycles. The van der Waals surface area contributed by atoms with Crippen LogP contribution in [0.5, 0.6) is 0 Å². The van der Waals surface area contributed by atoms with E-state index in [4.69, 9.17) is 0 Å². The molecule has 1 N–H and O–H groups in total. The topological polar surface area (TPSA) is 72.7 Å². The van der Waals surface area contributed by atoms with Crippen LogP contribution >= 0.6 is 23.1 Å². The predicted octanol–water partition coefficient (Wildman–Crippen LogP) is 4.67. The van der Waals surface area contributed by atoms with Crippen LogP contribution in [-0.2, 0) is 18.3 Å². The van der Waals surface area contributed by atoms with Gasteiger partial charge in [0.05, 0.1) is 16.0 Å². The maximum Gasteiger partial charge on any atom is 0.236 e. The van der Waals surface area contributed by atoms with Crippen LogP contribution in [0, 0.1) is 5.92 Å². The first-order valence-corrected chi connectivity index (χ1v) is 11.7. The molecule has 6 nitrogen and oxygen atoms in total. The van der Waals surface area contributed by atoms with Crippen LogP contribution in [-0.4, -0.2) is 31.4 Å². The van der Waals surface area contributed by atoms with Crippen molar-refractivity contribution in [3.8, 4) is 0 Å². The molecular formula is C20H25N5OS2. The molecule has 1 saturated carbocycles. The molecule has 1 aliphatic rings. The number of para-hydroxylation sites is 1. The average Bonchev–Trinajstić information content (AvgIpc) is 3.28. The number of amides is 1. The highest BCUT2D eigenvalue weighted by Crippen LogP contribution is 2.28. The third-order valence-corrected chi connectivity index (χ3v) is 7.27. The molecule has 1 aromatic carbocycles. The number of rotatable bonds is 7. The van der Waals surface area contributed by atoms with E-state index in [1.807, 2.05) is 35.9 Å². The van der Waals surface area contributed by atoms with Gasteiger partial charge in [-0.15, -0.1) is 10.2 Å². The summed E-state index contributed by atoms with van der Waals surface area (Å²) in [6, 6.07) is 7.88. The van der Waals surface area contributed by atoms with Crippen LogP contribution in [0.3, 0.4) is 0 Å². The molecule has 2 heterocycles.